The van der Waals surface area contributed by atoms with Crippen molar-refractivity contribution >= 4 is 12.1 Å². The van der Waals surface area contributed by atoms with Crippen LogP contribution in [0.4, 0.5) is 4.79 Å². The lowest BCUT2D eigenvalue weighted by molar-refractivity contribution is -0.155. The van der Waals surface area contributed by atoms with Gasteiger partial charge in [-0.3, -0.25) is 4.90 Å². The number of hydrogen-bond acceptors (Lipinski definition) is 3. The van der Waals surface area contributed by atoms with Crippen molar-refractivity contribution in [2.45, 2.75) is 70.2 Å². The second-order valence-corrected chi connectivity index (χ2v) is 6.28. The molecule has 1 heterocycles. The molecular formula is C14H23NO5. The summed E-state index contributed by atoms with van der Waals surface area (Å²) in [5, 5.41) is 18.7. The molecule has 114 valence electrons. The predicted molar refractivity (Wildman–Crippen MR) is 71.4 cm³/mol. The molecule has 6 nitrogen and oxygen atoms in total. The highest BCUT2D eigenvalue weighted by Crippen LogP contribution is 2.38. The van der Waals surface area contributed by atoms with Crippen molar-refractivity contribution in [1.82, 2.24) is 4.90 Å². The van der Waals surface area contributed by atoms with Crippen LogP contribution in [0, 0.1) is 5.92 Å². The summed E-state index contributed by atoms with van der Waals surface area (Å²) in [5.74, 6) is -0.683. The van der Waals surface area contributed by atoms with E-state index in [4.69, 9.17) is 4.74 Å². The van der Waals surface area contributed by atoms with Gasteiger partial charge in [0.1, 0.15) is 5.72 Å². The molecule has 0 aromatic carbocycles. The molecule has 6 heteroatoms. The van der Waals surface area contributed by atoms with Gasteiger partial charge in [0, 0.05) is 0 Å². The van der Waals surface area contributed by atoms with Gasteiger partial charge in [0.25, 0.3) is 0 Å². The average Bonchev–Trinajstić information content (AvgIpc) is 2.62. The fourth-order valence-electron chi connectivity index (χ4n) is 3.56. The van der Waals surface area contributed by atoms with Crippen molar-refractivity contribution in [2.75, 3.05) is 0 Å². The molecule has 0 spiro atoms. The molecule has 0 aromatic rings. The van der Waals surface area contributed by atoms with E-state index in [1.54, 1.807) is 13.8 Å². The van der Waals surface area contributed by atoms with Crippen molar-refractivity contribution < 1.29 is 24.5 Å². The standard InChI is InChI=1S/C14H23NO5/c1-14(2)15(13(18)19)10(11(20-14)12(16)17)8-9-6-4-3-5-7-9/h9-11H,3-8H2,1-2H3,(H,16,17)(H,18,19). The first-order chi connectivity index (χ1) is 9.33. The molecule has 20 heavy (non-hydrogen) atoms. The van der Waals surface area contributed by atoms with Gasteiger partial charge in [0.2, 0.25) is 0 Å². The summed E-state index contributed by atoms with van der Waals surface area (Å²) in [5.41, 5.74) is -1.09. The van der Waals surface area contributed by atoms with E-state index in [0.717, 1.165) is 25.7 Å². The molecule has 2 rings (SSSR count). The van der Waals surface area contributed by atoms with Crippen molar-refractivity contribution in [1.29, 1.82) is 0 Å². The predicted octanol–water partition coefficient (Wildman–Crippen LogP) is 2.52. The smallest absolute Gasteiger partial charge is 0.409 e. The maximum Gasteiger partial charge on any atom is 0.409 e. The first kappa shape index (κ1) is 15.1. The van der Waals surface area contributed by atoms with E-state index in [1.165, 1.54) is 11.3 Å². The molecule has 1 saturated carbocycles. The van der Waals surface area contributed by atoms with E-state index in [-0.39, 0.29) is 0 Å². The van der Waals surface area contributed by atoms with Crippen LogP contribution in [0.3, 0.4) is 0 Å². The molecule has 2 atom stereocenters. The molecule has 2 fully saturated rings. The summed E-state index contributed by atoms with van der Waals surface area (Å²) in [7, 11) is 0. The number of ether oxygens (including phenoxy) is 1. The minimum Gasteiger partial charge on any atom is -0.479 e. The van der Waals surface area contributed by atoms with Gasteiger partial charge in [0.05, 0.1) is 6.04 Å². The SMILES string of the molecule is CC1(C)OC(C(=O)O)C(CC2CCCCC2)N1C(=O)O. The Morgan fingerprint density at radius 2 is 1.80 bits per heavy atom. The van der Waals surface area contributed by atoms with E-state index < -0.39 is 29.9 Å². The highest BCUT2D eigenvalue weighted by molar-refractivity contribution is 5.76. The van der Waals surface area contributed by atoms with Crippen LogP contribution in [0.5, 0.6) is 0 Å². The summed E-state index contributed by atoms with van der Waals surface area (Å²) in [6.07, 6.45) is 4.01. The lowest BCUT2D eigenvalue weighted by atomic mass is 9.83. The van der Waals surface area contributed by atoms with Crippen LogP contribution < -0.4 is 0 Å². The number of rotatable bonds is 3. The molecule has 1 aliphatic carbocycles. The maximum absolute atomic E-state index is 11.5. The Labute approximate surface area is 118 Å². The Bertz CT molecular complexity index is 389. The average molecular weight is 285 g/mol. The van der Waals surface area contributed by atoms with Crippen molar-refractivity contribution in [3.05, 3.63) is 0 Å². The second-order valence-electron chi connectivity index (χ2n) is 6.28. The highest BCUT2D eigenvalue weighted by atomic mass is 16.6. The third kappa shape index (κ3) is 2.90. The van der Waals surface area contributed by atoms with Crippen LogP contribution in [-0.4, -0.2) is 45.0 Å². The summed E-state index contributed by atoms with van der Waals surface area (Å²) in [4.78, 5) is 24.0. The monoisotopic (exact) mass is 285 g/mol. The largest absolute Gasteiger partial charge is 0.479 e. The first-order valence-electron chi connectivity index (χ1n) is 7.26. The number of carboxylic acids is 1. The Balaban J connectivity index is 2.18. The van der Waals surface area contributed by atoms with Crippen LogP contribution in [0.15, 0.2) is 0 Å². The lowest BCUT2D eigenvalue weighted by Crippen LogP contribution is -2.49. The topological polar surface area (TPSA) is 87.1 Å². The van der Waals surface area contributed by atoms with E-state index in [2.05, 4.69) is 0 Å². The molecular weight excluding hydrogens is 262 g/mol. The molecule has 0 radical (unpaired) electrons. The number of aliphatic carboxylic acids is 1. The van der Waals surface area contributed by atoms with Crippen LogP contribution in [0.1, 0.15) is 52.4 Å². The number of amides is 1. The van der Waals surface area contributed by atoms with Gasteiger partial charge >= 0.3 is 12.1 Å². The lowest BCUT2D eigenvalue weighted by Gasteiger charge is -2.33. The van der Waals surface area contributed by atoms with E-state index in [0.29, 0.717) is 12.3 Å². The third-order valence-electron chi connectivity index (χ3n) is 4.43. The van der Waals surface area contributed by atoms with Crippen LogP contribution >= 0.6 is 0 Å². The number of carbonyl (C=O) groups is 2. The van der Waals surface area contributed by atoms with Crippen LogP contribution in [0.2, 0.25) is 0 Å². The molecule has 2 aliphatic rings. The Kier molecular flexibility index (Phi) is 4.22. The quantitative estimate of drug-likeness (QED) is 0.832. The third-order valence-corrected chi connectivity index (χ3v) is 4.43. The fourth-order valence-corrected chi connectivity index (χ4v) is 3.56. The number of carboxylic acid groups (broad SMARTS) is 2. The number of nitrogens with zero attached hydrogens (tertiary/aromatic N) is 1. The minimum absolute atomic E-state index is 0.398. The molecule has 1 aliphatic heterocycles. The van der Waals surface area contributed by atoms with Gasteiger partial charge < -0.3 is 14.9 Å². The van der Waals surface area contributed by atoms with Crippen molar-refractivity contribution in [3.8, 4) is 0 Å². The van der Waals surface area contributed by atoms with Gasteiger partial charge in [-0.15, -0.1) is 0 Å². The summed E-state index contributed by atoms with van der Waals surface area (Å²) in [6, 6.07) is -0.594. The number of hydrogen-bond donors (Lipinski definition) is 2. The van der Waals surface area contributed by atoms with Crippen LogP contribution in [0.25, 0.3) is 0 Å². The summed E-state index contributed by atoms with van der Waals surface area (Å²) >= 11 is 0. The van der Waals surface area contributed by atoms with Gasteiger partial charge in [0.15, 0.2) is 6.10 Å². The normalized spacial score (nSPS) is 30.4. The Hall–Kier alpha value is -1.30. The molecule has 1 saturated heterocycles. The van der Waals surface area contributed by atoms with Crippen LogP contribution in [-0.2, 0) is 9.53 Å². The second kappa shape index (κ2) is 5.60. The molecule has 2 N–H and O–H groups in total. The minimum atomic E-state index is -1.11. The Morgan fingerprint density at radius 3 is 2.30 bits per heavy atom. The molecule has 1 amide bonds. The van der Waals surface area contributed by atoms with Gasteiger partial charge in [-0.2, -0.15) is 0 Å². The summed E-state index contributed by atoms with van der Waals surface area (Å²) in [6.45, 7) is 3.22. The zero-order valence-electron chi connectivity index (χ0n) is 12.0. The fraction of sp³-hybridized carbons (Fsp3) is 0.857. The Morgan fingerprint density at radius 1 is 1.20 bits per heavy atom. The summed E-state index contributed by atoms with van der Waals surface area (Å²) < 4.78 is 5.48. The van der Waals surface area contributed by atoms with E-state index >= 15 is 0 Å². The highest BCUT2D eigenvalue weighted by Gasteiger charge is 2.53. The van der Waals surface area contributed by atoms with Gasteiger partial charge in [-0.25, -0.2) is 9.59 Å². The molecule has 0 aromatic heterocycles. The first-order valence-corrected chi connectivity index (χ1v) is 7.26. The zero-order valence-corrected chi connectivity index (χ0v) is 12.0. The molecule has 0 bridgehead atoms. The zero-order chi connectivity index (χ0) is 14.9. The molecule has 2 unspecified atom stereocenters. The maximum atomic E-state index is 11.5. The van der Waals surface area contributed by atoms with Crippen molar-refractivity contribution in [2.24, 2.45) is 5.92 Å². The van der Waals surface area contributed by atoms with E-state index in [1.807, 2.05) is 0 Å². The van der Waals surface area contributed by atoms with Crippen molar-refractivity contribution in [3.63, 3.8) is 0 Å². The van der Waals surface area contributed by atoms with E-state index in [9.17, 15) is 19.8 Å². The van der Waals surface area contributed by atoms with Gasteiger partial charge in [-0.1, -0.05) is 32.1 Å². The van der Waals surface area contributed by atoms with Gasteiger partial charge in [-0.05, 0) is 26.2 Å².